The topological polar surface area (TPSA) is 80.5 Å². The van der Waals surface area contributed by atoms with Crippen LogP contribution in [0.5, 0.6) is 0 Å². The van der Waals surface area contributed by atoms with Crippen molar-refractivity contribution in [2.24, 2.45) is 0 Å². The van der Waals surface area contributed by atoms with E-state index in [-0.39, 0.29) is 30.4 Å². The fourth-order valence-electron chi connectivity index (χ4n) is 3.86. The number of aromatic nitrogens is 3. The summed E-state index contributed by atoms with van der Waals surface area (Å²) in [5.74, 6) is -1.01. The lowest BCUT2D eigenvalue weighted by atomic mass is 10.0. The number of fused-ring (bicyclic) bond motifs is 1. The third kappa shape index (κ3) is 3.85. The zero-order chi connectivity index (χ0) is 22.3. The monoisotopic (exact) mass is 430 g/mol. The molecule has 1 saturated heterocycles. The minimum Gasteiger partial charge on any atom is -0.464 e. The lowest BCUT2D eigenvalue weighted by molar-refractivity contribution is 0.0592. The van der Waals surface area contributed by atoms with Gasteiger partial charge in [0.1, 0.15) is 12.0 Å². The van der Waals surface area contributed by atoms with Gasteiger partial charge >= 0.3 is 5.97 Å². The van der Waals surface area contributed by atoms with Gasteiger partial charge < -0.3 is 14.7 Å². The third-order valence-corrected chi connectivity index (χ3v) is 5.50. The van der Waals surface area contributed by atoms with Crippen LogP contribution in [0.15, 0.2) is 30.3 Å². The summed E-state index contributed by atoms with van der Waals surface area (Å²) >= 11 is 0. The van der Waals surface area contributed by atoms with Gasteiger partial charge in [0.15, 0.2) is 11.3 Å². The summed E-state index contributed by atoms with van der Waals surface area (Å²) in [4.78, 5) is 18.6. The first-order valence-electron chi connectivity index (χ1n) is 10.1. The van der Waals surface area contributed by atoms with Crippen LogP contribution < -0.4 is 4.90 Å². The number of hydrogen-bond acceptors (Lipinski definition) is 6. The largest absolute Gasteiger partial charge is 0.464 e. The number of rotatable bonds is 4. The number of carbonyl (C=O) groups excluding carboxylic acids is 1. The van der Waals surface area contributed by atoms with Gasteiger partial charge in [-0.05, 0) is 42.7 Å². The van der Waals surface area contributed by atoms with E-state index in [4.69, 9.17) is 9.84 Å². The number of carbonyl (C=O) groups is 1. The Hall–Kier alpha value is -3.07. The Morgan fingerprint density at radius 1 is 1.29 bits per heavy atom. The zero-order valence-electron chi connectivity index (χ0n) is 17.5. The summed E-state index contributed by atoms with van der Waals surface area (Å²) in [5.41, 5.74) is 2.37. The second kappa shape index (κ2) is 8.22. The molecule has 31 heavy (non-hydrogen) atoms. The highest BCUT2D eigenvalue weighted by molar-refractivity contribution is 5.99. The minimum atomic E-state index is -1.41. The Morgan fingerprint density at radius 2 is 2.00 bits per heavy atom. The normalized spacial score (nSPS) is 19.3. The van der Waals surface area contributed by atoms with Crippen molar-refractivity contribution >= 4 is 22.7 Å². The molecule has 0 bridgehead atoms. The van der Waals surface area contributed by atoms with E-state index in [1.54, 1.807) is 27.8 Å². The molecule has 3 heterocycles. The molecule has 4 rings (SSSR count). The van der Waals surface area contributed by atoms with Gasteiger partial charge in [-0.25, -0.2) is 23.2 Å². The third-order valence-electron chi connectivity index (χ3n) is 5.50. The van der Waals surface area contributed by atoms with Gasteiger partial charge in [0.05, 0.1) is 42.2 Å². The molecule has 0 radical (unpaired) electrons. The highest BCUT2D eigenvalue weighted by Crippen LogP contribution is 2.36. The molecular weight excluding hydrogens is 406 g/mol. The molecule has 0 aliphatic carbocycles. The van der Waals surface area contributed by atoms with Gasteiger partial charge in [-0.2, -0.15) is 5.10 Å². The van der Waals surface area contributed by atoms with Crippen LogP contribution in [0.1, 0.15) is 42.4 Å². The van der Waals surface area contributed by atoms with Gasteiger partial charge in [-0.3, -0.25) is 0 Å². The molecule has 7 nitrogen and oxygen atoms in total. The molecular formula is C22H24F2N4O3. The number of methoxy groups -OCH3 is 1. The smallest absolute Gasteiger partial charge is 0.356 e. The van der Waals surface area contributed by atoms with Crippen molar-refractivity contribution in [3.05, 3.63) is 47.5 Å². The van der Waals surface area contributed by atoms with Gasteiger partial charge in [0.2, 0.25) is 0 Å². The van der Waals surface area contributed by atoms with Gasteiger partial charge in [-0.1, -0.05) is 13.8 Å². The molecule has 1 aliphatic rings. The first kappa shape index (κ1) is 21.2. The Kier molecular flexibility index (Phi) is 5.62. The van der Waals surface area contributed by atoms with Crippen LogP contribution in [-0.2, 0) is 4.74 Å². The summed E-state index contributed by atoms with van der Waals surface area (Å²) in [6, 6.07) is 7.38. The molecule has 0 spiro atoms. The van der Waals surface area contributed by atoms with Crippen molar-refractivity contribution < 1.29 is 23.4 Å². The number of aliphatic hydroxyl groups excluding tert-OH is 1. The maximum Gasteiger partial charge on any atom is 0.356 e. The fraction of sp³-hybridized carbons (Fsp3) is 0.409. The molecule has 2 aromatic heterocycles. The lowest BCUT2D eigenvalue weighted by Gasteiger charge is -2.34. The molecule has 9 heteroatoms. The van der Waals surface area contributed by atoms with E-state index in [0.29, 0.717) is 29.0 Å². The molecule has 2 atom stereocenters. The number of ether oxygens (including phenoxy) is 1. The van der Waals surface area contributed by atoms with E-state index in [1.165, 1.54) is 19.2 Å². The number of pyridine rings is 1. The molecule has 0 saturated carbocycles. The van der Waals surface area contributed by atoms with Crippen LogP contribution in [0, 0.1) is 5.82 Å². The average molecular weight is 430 g/mol. The maximum atomic E-state index is 14.4. The van der Waals surface area contributed by atoms with E-state index in [9.17, 15) is 18.7 Å². The average Bonchev–Trinajstić information content (AvgIpc) is 3.15. The number of benzene rings is 1. The maximum absolute atomic E-state index is 14.4. The number of anilines is 1. The van der Waals surface area contributed by atoms with E-state index in [0.717, 1.165) is 5.69 Å². The van der Waals surface area contributed by atoms with Crippen molar-refractivity contribution in [3.63, 3.8) is 0 Å². The predicted molar refractivity (Wildman–Crippen MR) is 112 cm³/mol. The van der Waals surface area contributed by atoms with Crippen molar-refractivity contribution in [2.75, 3.05) is 25.1 Å². The van der Waals surface area contributed by atoms with Crippen LogP contribution in [-0.4, -0.2) is 58.3 Å². The Balaban J connectivity index is 1.99. The molecule has 0 amide bonds. The van der Waals surface area contributed by atoms with Crippen LogP contribution in [0.2, 0.25) is 0 Å². The molecule has 164 valence electrons. The number of alkyl halides is 1. The molecule has 1 N–H and O–H groups in total. The molecule has 3 aromatic rings. The van der Waals surface area contributed by atoms with E-state index in [2.05, 4.69) is 4.98 Å². The molecule has 1 aromatic carbocycles. The molecule has 1 fully saturated rings. The van der Waals surface area contributed by atoms with Crippen LogP contribution in [0.4, 0.5) is 14.5 Å². The lowest BCUT2D eigenvalue weighted by Crippen LogP contribution is -2.44. The summed E-state index contributed by atoms with van der Waals surface area (Å²) in [5, 5.41) is 15.2. The van der Waals surface area contributed by atoms with E-state index < -0.39 is 18.2 Å². The standard InChI is InChI=1S/C22H24F2N4O3/c1-12(2)20-19-17(27-9-8-18(29)15(24)11-27)10-16(22(30)31-3)25-21(19)28(26-20)14-6-4-13(23)5-7-14/h4-7,10,12,15,18,29H,8-9,11H2,1-3H3/t15-,18-/m1/s1. The Morgan fingerprint density at radius 3 is 2.61 bits per heavy atom. The van der Waals surface area contributed by atoms with E-state index in [1.807, 2.05) is 13.8 Å². The van der Waals surface area contributed by atoms with Crippen LogP contribution in [0.3, 0.4) is 0 Å². The van der Waals surface area contributed by atoms with Crippen molar-refractivity contribution in [1.82, 2.24) is 14.8 Å². The van der Waals surface area contributed by atoms with Gasteiger partial charge in [0.25, 0.3) is 0 Å². The summed E-state index contributed by atoms with van der Waals surface area (Å²) in [6.07, 6.45) is -2.16. The van der Waals surface area contributed by atoms with Crippen LogP contribution in [0.25, 0.3) is 16.7 Å². The minimum absolute atomic E-state index is 0.00489. The number of halogens is 2. The summed E-state index contributed by atoms with van der Waals surface area (Å²) < 4.78 is 34.3. The molecule has 0 unspecified atom stereocenters. The van der Waals surface area contributed by atoms with Gasteiger partial charge in [0, 0.05) is 6.54 Å². The highest BCUT2D eigenvalue weighted by atomic mass is 19.1. The highest BCUT2D eigenvalue weighted by Gasteiger charge is 2.31. The number of hydrogen-bond donors (Lipinski definition) is 1. The van der Waals surface area contributed by atoms with Crippen molar-refractivity contribution in [1.29, 1.82) is 0 Å². The molecule has 1 aliphatic heterocycles. The van der Waals surface area contributed by atoms with E-state index >= 15 is 0 Å². The van der Waals surface area contributed by atoms with Crippen molar-refractivity contribution in [3.8, 4) is 5.69 Å². The number of esters is 1. The fourth-order valence-corrected chi connectivity index (χ4v) is 3.86. The second-order valence-electron chi connectivity index (χ2n) is 7.96. The van der Waals surface area contributed by atoms with Crippen molar-refractivity contribution in [2.45, 2.75) is 38.5 Å². The SMILES string of the molecule is COC(=O)c1cc(N2CC[C@@H](O)[C@H](F)C2)c2c(C(C)C)nn(-c3ccc(F)cc3)c2n1. The summed E-state index contributed by atoms with van der Waals surface area (Å²) in [6.45, 7) is 4.36. The Labute approximate surface area is 178 Å². The number of aliphatic hydroxyl groups is 1. The first-order valence-corrected chi connectivity index (χ1v) is 10.1. The summed E-state index contributed by atoms with van der Waals surface area (Å²) in [7, 11) is 1.26. The zero-order valence-corrected chi connectivity index (χ0v) is 17.5. The quantitative estimate of drug-likeness (QED) is 0.640. The number of nitrogens with zero attached hydrogens (tertiary/aromatic N) is 4. The van der Waals surface area contributed by atoms with Crippen LogP contribution >= 0.6 is 0 Å². The second-order valence-corrected chi connectivity index (χ2v) is 7.96. The first-order chi connectivity index (χ1) is 14.8. The van der Waals surface area contributed by atoms with Gasteiger partial charge in [-0.15, -0.1) is 0 Å². The Bertz CT molecular complexity index is 1110. The predicted octanol–water partition coefficient (Wildman–Crippen LogP) is 3.38. The number of piperidine rings is 1.